The molecule has 3 heteroatoms. The van der Waals surface area contributed by atoms with Crippen LogP contribution in [-0.4, -0.2) is 17.3 Å². The second-order valence-electron chi connectivity index (χ2n) is 5.76. The summed E-state index contributed by atoms with van der Waals surface area (Å²) in [6.07, 6.45) is 1.01. The summed E-state index contributed by atoms with van der Waals surface area (Å²) < 4.78 is 5.78. The van der Waals surface area contributed by atoms with E-state index in [1.54, 1.807) is 0 Å². The molecule has 22 heavy (non-hydrogen) atoms. The molecule has 3 unspecified atom stereocenters. The molecule has 0 saturated heterocycles. The minimum atomic E-state index is -0.458. The first-order chi connectivity index (χ1) is 10.6. The minimum absolute atomic E-state index is 0.150. The zero-order valence-electron chi connectivity index (χ0n) is 13.3. The second kappa shape index (κ2) is 7.97. The lowest BCUT2D eigenvalue weighted by molar-refractivity contribution is 0.126. The standard InChI is InChI=1S/C19H25NO2/c1-3-18(20)19(21)13-14(2)15-9-11-17(12-10-15)22-16-7-5-4-6-8-16/h4-12,14,18-19,21H,3,13,20H2,1-2H3. The lowest BCUT2D eigenvalue weighted by Crippen LogP contribution is -2.34. The van der Waals surface area contributed by atoms with E-state index in [1.165, 1.54) is 5.56 Å². The van der Waals surface area contributed by atoms with Gasteiger partial charge in [-0.1, -0.05) is 44.2 Å². The molecule has 0 fully saturated rings. The van der Waals surface area contributed by atoms with Gasteiger partial charge in [0.2, 0.25) is 0 Å². The van der Waals surface area contributed by atoms with Crippen molar-refractivity contribution in [3.8, 4) is 11.5 Å². The molecule has 3 atom stereocenters. The van der Waals surface area contributed by atoms with Crippen molar-refractivity contribution in [2.45, 2.75) is 44.8 Å². The summed E-state index contributed by atoms with van der Waals surface area (Å²) in [5, 5.41) is 10.0. The van der Waals surface area contributed by atoms with Gasteiger partial charge in [0, 0.05) is 6.04 Å². The van der Waals surface area contributed by atoms with E-state index in [9.17, 15) is 5.11 Å². The lowest BCUT2D eigenvalue weighted by Gasteiger charge is -2.21. The average molecular weight is 299 g/mol. The second-order valence-corrected chi connectivity index (χ2v) is 5.76. The lowest BCUT2D eigenvalue weighted by atomic mass is 9.92. The predicted molar refractivity (Wildman–Crippen MR) is 90.3 cm³/mol. The summed E-state index contributed by atoms with van der Waals surface area (Å²) in [4.78, 5) is 0. The number of rotatable bonds is 7. The molecule has 0 spiro atoms. The molecule has 0 aromatic heterocycles. The van der Waals surface area contributed by atoms with Crippen molar-refractivity contribution in [2.24, 2.45) is 5.73 Å². The molecular weight excluding hydrogens is 274 g/mol. The Morgan fingerprint density at radius 2 is 1.59 bits per heavy atom. The first-order valence-electron chi connectivity index (χ1n) is 7.86. The summed E-state index contributed by atoms with van der Waals surface area (Å²) >= 11 is 0. The molecular formula is C19H25NO2. The van der Waals surface area contributed by atoms with E-state index in [-0.39, 0.29) is 12.0 Å². The van der Waals surface area contributed by atoms with E-state index >= 15 is 0 Å². The number of hydrogen-bond acceptors (Lipinski definition) is 3. The van der Waals surface area contributed by atoms with Gasteiger partial charge in [-0.3, -0.25) is 0 Å². The maximum absolute atomic E-state index is 10.0. The maximum atomic E-state index is 10.0. The van der Waals surface area contributed by atoms with Gasteiger partial charge >= 0.3 is 0 Å². The normalized spacial score (nSPS) is 15.1. The highest BCUT2D eigenvalue weighted by atomic mass is 16.5. The van der Waals surface area contributed by atoms with Crippen molar-refractivity contribution < 1.29 is 9.84 Å². The van der Waals surface area contributed by atoms with Crippen LogP contribution in [0.1, 0.15) is 38.2 Å². The van der Waals surface area contributed by atoms with Crippen LogP contribution in [0.2, 0.25) is 0 Å². The fourth-order valence-electron chi connectivity index (χ4n) is 2.43. The first kappa shape index (κ1) is 16.5. The van der Waals surface area contributed by atoms with E-state index in [4.69, 9.17) is 10.5 Å². The van der Waals surface area contributed by atoms with E-state index in [1.807, 2.05) is 61.5 Å². The first-order valence-corrected chi connectivity index (χ1v) is 7.86. The molecule has 118 valence electrons. The Hall–Kier alpha value is -1.84. The van der Waals surface area contributed by atoms with Crippen LogP contribution in [0.3, 0.4) is 0 Å². The molecule has 0 aliphatic carbocycles. The molecule has 0 bridgehead atoms. The molecule has 0 amide bonds. The number of hydrogen-bond donors (Lipinski definition) is 2. The number of aliphatic hydroxyl groups is 1. The van der Waals surface area contributed by atoms with Crippen molar-refractivity contribution in [1.29, 1.82) is 0 Å². The number of ether oxygens (including phenoxy) is 1. The molecule has 2 aromatic carbocycles. The molecule has 0 aliphatic heterocycles. The number of aliphatic hydroxyl groups excluding tert-OH is 1. The van der Waals surface area contributed by atoms with Crippen LogP contribution < -0.4 is 10.5 Å². The number of para-hydroxylation sites is 1. The van der Waals surface area contributed by atoms with Gasteiger partial charge in [0.15, 0.2) is 0 Å². The quantitative estimate of drug-likeness (QED) is 0.810. The Kier molecular flexibility index (Phi) is 5.99. The third-order valence-corrected chi connectivity index (χ3v) is 3.99. The number of benzene rings is 2. The Bertz CT molecular complexity index is 553. The Morgan fingerprint density at radius 3 is 2.18 bits per heavy atom. The molecule has 2 aromatic rings. The van der Waals surface area contributed by atoms with Crippen LogP contribution in [0.25, 0.3) is 0 Å². The maximum Gasteiger partial charge on any atom is 0.127 e. The van der Waals surface area contributed by atoms with Gasteiger partial charge < -0.3 is 15.6 Å². The van der Waals surface area contributed by atoms with Gasteiger partial charge in [0.25, 0.3) is 0 Å². The largest absolute Gasteiger partial charge is 0.457 e. The Morgan fingerprint density at radius 1 is 1.00 bits per heavy atom. The zero-order chi connectivity index (χ0) is 15.9. The Balaban J connectivity index is 1.96. The van der Waals surface area contributed by atoms with Crippen molar-refractivity contribution in [3.05, 3.63) is 60.2 Å². The molecule has 3 nitrogen and oxygen atoms in total. The molecule has 0 heterocycles. The van der Waals surface area contributed by atoms with Crippen molar-refractivity contribution in [3.63, 3.8) is 0 Å². The molecule has 0 aliphatic rings. The van der Waals surface area contributed by atoms with Gasteiger partial charge in [0.05, 0.1) is 6.10 Å². The summed E-state index contributed by atoms with van der Waals surface area (Å²) in [6.45, 7) is 4.10. The fraction of sp³-hybridized carbons (Fsp3) is 0.368. The topological polar surface area (TPSA) is 55.5 Å². The molecule has 2 rings (SSSR count). The van der Waals surface area contributed by atoms with Crippen LogP contribution in [0.4, 0.5) is 0 Å². The zero-order valence-corrected chi connectivity index (χ0v) is 13.3. The highest BCUT2D eigenvalue weighted by Gasteiger charge is 2.17. The highest BCUT2D eigenvalue weighted by molar-refractivity contribution is 5.34. The average Bonchev–Trinajstić information content (AvgIpc) is 2.55. The molecule has 3 N–H and O–H groups in total. The highest BCUT2D eigenvalue weighted by Crippen LogP contribution is 2.26. The van der Waals surface area contributed by atoms with E-state index < -0.39 is 6.10 Å². The van der Waals surface area contributed by atoms with Crippen LogP contribution in [0, 0.1) is 0 Å². The van der Waals surface area contributed by atoms with Crippen LogP contribution in [0.5, 0.6) is 11.5 Å². The summed E-state index contributed by atoms with van der Waals surface area (Å²) in [6, 6.07) is 17.6. The van der Waals surface area contributed by atoms with Gasteiger partial charge in [-0.25, -0.2) is 0 Å². The van der Waals surface area contributed by atoms with Crippen molar-refractivity contribution in [2.75, 3.05) is 0 Å². The van der Waals surface area contributed by atoms with E-state index in [2.05, 4.69) is 6.92 Å². The van der Waals surface area contributed by atoms with Crippen molar-refractivity contribution in [1.82, 2.24) is 0 Å². The molecule has 0 radical (unpaired) electrons. The SMILES string of the molecule is CCC(N)C(O)CC(C)c1ccc(Oc2ccccc2)cc1. The van der Waals surface area contributed by atoms with Gasteiger partial charge in [-0.2, -0.15) is 0 Å². The summed E-state index contributed by atoms with van der Waals surface area (Å²) in [7, 11) is 0. The Labute approximate surface area is 132 Å². The predicted octanol–water partition coefficient (Wildman–Crippen LogP) is 4.07. The number of nitrogens with two attached hydrogens (primary N) is 1. The monoisotopic (exact) mass is 299 g/mol. The third kappa shape index (κ3) is 4.58. The van der Waals surface area contributed by atoms with Gasteiger partial charge in [-0.05, 0) is 48.6 Å². The fourth-order valence-corrected chi connectivity index (χ4v) is 2.43. The van der Waals surface area contributed by atoms with Crippen LogP contribution in [0.15, 0.2) is 54.6 Å². The van der Waals surface area contributed by atoms with Crippen LogP contribution in [-0.2, 0) is 0 Å². The third-order valence-electron chi connectivity index (χ3n) is 3.99. The summed E-state index contributed by atoms with van der Waals surface area (Å²) in [5.41, 5.74) is 7.07. The van der Waals surface area contributed by atoms with Gasteiger partial charge in [-0.15, -0.1) is 0 Å². The van der Waals surface area contributed by atoms with E-state index in [0.29, 0.717) is 6.42 Å². The van der Waals surface area contributed by atoms with Gasteiger partial charge in [0.1, 0.15) is 11.5 Å². The molecule has 0 saturated carbocycles. The van der Waals surface area contributed by atoms with E-state index in [0.717, 1.165) is 17.9 Å². The summed E-state index contributed by atoms with van der Waals surface area (Å²) in [5.74, 6) is 1.90. The minimum Gasteiger partial charge on any atom is -0.457 e. The van der Waals surface area contributed by atoms with Crippen molar-refractivity contribution >= 4 is 0 Å². The smallest absolute Gasteiger partial charge is 0.127 e. The van der Waals surface area contributed by atoms with Crippen LogP contribution >= 0.6 is 0 Å².